The van der Waals surface area contributed by atoms with Gasteiger partial charge in [0.2, 0.25) is 0 Å². The Hall–Kier alpha value is -2.00. The van der Waals surface area contributed by atoms with Gasteiger partial charge in [0.05, 0.1) is 4.92 Å². The quantitative estimate of drug-likeness (QED) is 0.669. The lowest BCUT2D eigenvalue weighted by atomic mass is 10.3. The van der Waals surface area contributed by atoms with Gasteiger partial charge in [-0.25, -0.2) is 8.42 Å². The van der Waals surface area contributed by atoms with Crippen LogP contribution in [0.5, 0.6) is 0 Å². The summed E-state index contributed by atoms with van der Waals surface area (Å²) in [5.74, 6) is 0. The third kappa shape index (κ3) is 3.31. The molecular formula is C11H11N3O4S2. The van der Waals surface area contributed by atoms with Crippen molar-refractivity contribution in [2.24, 2.45) is 0 Å². The Labute approximate surface area is 119 Å². The highest BCUT2D eigenvalue weighted by atomic mass is 32.2. The number of aromatic nitrogens is 1. The number of hydrogen-bond acceptors (Lipinski definition) is 7. The topological polar surface area (TPSA) is 102 Å². The van der Waals surface area contributed by atoms with E-state index in [0.29, 0.717) is 6.54 Å². The molecule has 0 saturated carbocycles. The van der Waals surface area contributed by atoms with Gasteiger partial charge in [0.25, 0.3) is 0 Å². The maximum absolute atomic E-state index is 11.4. The first-order valence-electron chi connectivity index (χ1n) is 5.49. The van der Waals surface area contributed by atoms with Crippen molar-refractivity contribution in [1.82, 2.24) is 4.98 Å². The molecule has 0 bridgehead atoms. The molecular weight excluding hydrogens is 302 g/mol. The van der Waals surface area contributed by atoms with E-state index in [1.165, 1.54) is 0 Å². The highest BCUT2D eigenvalue weighted by Crippen LogP contribution is 2.37. The fourth-order valence-corrected chi connectivity index (χ4v) is 3.42. The third-order valence-corrected chi connectivity index (χ3v) is 5.34. The molecule has 2 rings (SSSR count). The van der Waals surface area contributed by atoms with Crippen molar-refractivity contribution in [2.45, 2.75) is 10.8 Å². The number of nitrogens with zero attached hydrogens (tertiary/aromatic N) is 2. The monoisotopic (exact) mass is 313 g/mol. The summed E-state index contributed by atoms with van der Waals surface area (Å²) in [6.45, 7) is 0.354. The van der Waals surface area contributed by atoms with E-state index < -0.39 is 14.8 Å². The van der Waals surface area contributed by atoms with Crippen LogP contribution in [0.4, 0.5) is 10.7 Å². The summed E-state index contributed by atoms with van der Waals surface area (Å²) in [4.78, 5) is 14.2. The van der Waals surface area contributed by atoms with E-state index in [1.807, 2.05) is 0 Å². The molecule has 0 amide bonds. The van der Waals surface area contributed by atoms with Crippen LogP contribution in [-0.4, -0.2) is 24.6 Å². The fourth-order valence-electron chi connectivity index (χ4n) is 1.49. The molecule has 0 aliphatic heterocycles. The van der Waals surface area contributed by atoms with Crippen molar-refractivity contribution in [2.75, 3.05) is 11.6 Å². The van der Waals surface area contributed by atoms with Crippen LogP contribution in [0.1, 0.15) is 5.56 Å². The lowest BCUT2D eigenvalue weighted by molar-refractivity contribution is -0.383. The maximum Gasteiger partial charge on any atom is 0.304 e. The van der Waals surface area contributed by atoms with E-state index in [4.69, 9.17) is 0 Å². The predicted molar refractivity (Wildman–Crippen MR) is 75.6 cm³/mol. The van der Waals surface area contributed by atoms with Crippen molar-refractivity contribution in [1.29, 1.82) is 0 Å². The van der Waals surface area contributed by atoms with Gasteiger partial charge in [-0.15, -0.1) is 0 Å². The van der Waals surface area contributed by atoms with E-state index >= 15 is 0 Å². The predicted octanol–water partition coefficient (Wildman–Crippen LogP) is 2.07. The minimum atomic E-state index is -3.46. The van der Waals surface area contributed by atoms with Gasteiger partial charge >= 0.3 is 5.69 Å². The molecule has 0 saturated heterocycles. The zero-order valence-electron chi connectivity index (χ0n) is 10.4. The summed E-state index contributed by atoms with van der Waals surface area (Å²) in [5.41, 5.74) is 0.660. The smallest absolute Gasteiger partial charge is 0.304 e. The van der Waals surface area contributed by atoms with Crippen LogP contribution in [-0.2, 0) is 16.4 Å². The molecule has 7 nitrogen and oxygen atoms in total. The van der Waals surface area contributed by atoms with E-state index in [-0.39, 0.29) is 14.9 Å². The molecule has 0 unspecified atom stereocenters. The second kappa shape index (κ2) is 5.55. The van der Waals surface area contributed by atoms with Crippen LogP contribution in [0.3, 0.4) is 0 Å². The van der Waals surface area contributed by atoms with Crippen molar-refractivity contribution in [3.63, 3.8) is 0 Å². The molecule has 2 heterocycles. The SMILES string of the molecule is CS(=O)(=O)c1cc([N+](=O)[O-])c(NCc2ccncc2)s1. The van der Waals surface area contributed by atoms with Crippen molar-refractivity contribution >= 4 is 31.9 Å². The first-order valence-corrected chi connectivity index (χ1v) is 8.20. The Morgan fingerprint density at radius 3 is 2.60 bits per heavy atom. The highest BCUT2D eigenvalue weighted by Gasteiger charge is 2.23. The van der Waals surface area contributed by atoms with Crippen LogP contribution in [0.25, 0.3) is 0 Å². The largest absolute Gasteiger partial charge is 0.367 e. The van der Waals surface area contributed by atoms with Crippen molar-refractivity contribution < 1.29 is 13.3 Å². The van der Waals surface area contributed by atoms with E-state index in [0.717, 1.165) is 29.2 Å². The number of hydrogen-bond donors (Lipinski definition) is 1. The third-order valence-electron chi connectivity index (χ3n) is 2.45. The Morgan fingerprint density at radius 2 is 2.05 bits per heavy atom. The fraction of sp³-hybridized carbons (Fsp3) is 0.182. The Kier molecular flexibility index (Phi) is 4.00. The molecule has 0 fully saturated rings. The Balaban J connectivity index is 2.27. The first kappa shape index (κ1) is 14.4. The second-order valence-corrected chi connectivity index (χ2v) is 7.31. The molecule has 20 heavy (non-hydrogen) atoms. The van der Waals surface area contributed by atoms with Gasteiger partial charge in [-0.1, -0.05) is 11.3 Å². The molecule has 2 aromatic rings. The van der Waals surface area contributed by atoms with Gasteiger partial charge in [0.1, 0.15) is 4.21 Å². The number of pyridine rings is 1. The highest BCUT2D eigenvalue weighted by molar-refractivity contribution is 7.92. The average molecular weight is 313 g/mol. The van der Waals surface area contributed by atoms with Gasteiger partial charge in [-0.05, 0) is 17.7 Å². The number of anilines is 1. The minimum absolute atomic E-state index is 0.0265. The Bertz CT molecular complexity index is 725. The Morgan fingerprint density at radius 1 is 1.40 bits per heavy atom. The molecule has 0 atom stereocenters. The van der Waals surface area contributed by atoms with Gasteiger partial charge in [-0.3, -0.25) is 15.1 Å². The molecule has 9 heteroatoms. The number of sulfone groups is 1. The summed E-state index contributed by atoms with van der Waals surface area (Å²) in [6, 6.07) is 4.61. The lowest BCUT2D eigenvalue weighted by Crippen LogP contribution is -1.99. The van der Waals surface area contributed by atoms with Gasteiger partial charge in [0.15, 0.2) is 14.8 Å². The van der Waals surface area contributed by atoms with E-state index in [2.05, 4.69) is 10.3 Å². The number of thiophene rings is 1. The standard InChI is InChI=1S/C11H11N3O4S2/c1-20(17,18)10-6-9(14(15)16)11(19-10)13-7-8-2-4-12-5-3-8/h2-6,13H,7H2,1H3. The average Bonchev–Trinajstić information content (AvgIpc) is 2.82. The maximum atomic E-state index is 11.4. The van der Waals surface area contributed by atoms with Crippen LogP contribution in [0, 0.1) is 10.1 Å². The molecule has 0 aliphatic carbocycles. The van der Waals surface area contributed by atoms with Gasteiger partial charge < -0.3 is 5.32 Å². The first-order chi connectivity index (χ1) is 9.38. The molecule has 0 radical (unpaired) electrons. The molecule has 0 aromatic carbocycles. The van der Waals surface area contributed by atoms with Crippen molar-refractivity contribution in [3.05, 3.63) is 46.3 Å². The van der Waals surface area contributed by atoms with Gasteiger partial charge in [0, 0.05) is 31.3 Å². The van der Waals surface area contributed by atoms with Gasteiger partial charge in [-0.2, -0.15) is 0 Å². The summed E-state index contributed by atoms with van der Waals surface area (Å²) < 4.78 is 22.9. The number of rotatable bonds is 5. The molecule has 0 spiro atoms. The molecule has 1 N–H and O–H groups in total. The minimum Gasteiger partial charge on any atom is -0.367 e. The number of nitro groups is 1. The summed E-state index contributed by atoms with van der Waals surface area (Å²) in [5, 5.41) is 14.1. The normalized spacial score (nSPS) is 11.2. The van der Waals surface area contributed by atoms with E-state index in [1.54, 1.807) is 24.5 Å². The molecule has 106 valence electrons. The summed E-state index contributed by atoms with van der Waals surface area (Å²) in [6.07, 6.45) is 4.25. The van der Waals surface area contributed by atoms with E-state index in [9.17, 15) is 18.5 Å². The van der Waals surface area contributed by atoms with Crippen LogP contribution in [0.2, 0.25) is 0 Å². The lowest BCUT2D eigenvalue weighted by Gasteiger charge is -2.02. The zero-order valence-corrected chi connectivity index (χ0v) is 12.1. The summed E-state index contributed by atoms with van der Waals surface area (Å²) in [7, 11) is -3.46. The molecule has 0 aliphatic rings. The molecule has 2 aromatic heterocycles. The second-order valence-electron chi connectivity index (χ2n) is 4.02. The summed E-state index contributed by atoms with van der Waals surface area (Å²) >= 11 is 0.858. The van der Waals surface area contributed by atoms with Crippen LogP contribution in [0.15, 0.2) is 34.8 Å². The van der Waals surface area contributed by atoms with Crippen LogP contribution >= 0.6 is 11.3 Å². The van der Waals surface area contributed by atoms with Crippen molar-refractivity contribution in [3.8, 4) is 0 Å². The number of nitrogens with one attached hydrogen (secondary N) is 1. The van der Waals surface area contributed by atoms with Crippen LogP contribution < -0.4 is 5.32 Å². The zero-order chi connectivity index (χ0) is 14.8.